The molecule has 0 saturated heterocycles. The summed E-state index contributed by atoms with van der Waals surface area (Å²) in [6, 6.07) is 13.5. The molecule has 18 heavy (non-hydrogen) atoms. The molecule has 2 rings (SSSR count). The zero-order valence-electron chi connectivity index (χ0n) is 10.2. The molecule has 2 aromatic carbocycles. The highest BCUT2D eigenvalue weighted by molar-refractivity contribution is 9.10. The van der Waals surface area contributed by atoms with Gasteiger partial charge in [0.25, 0.3) is 0 Å². The fourth-order valence-electron chi connectivity index (χ4n) is 1.71. The van der Waals surface area contributed by atoms with Gasteiger partial charge in [-0.15, -0.1) is 0 Å². The van der Waals surface area contributed by atoms with Crippen LogP contribution in [0.1, 0.15) is 16.7 Å². The summed E-state index contributed by atoms with van der Waals surface area (Å²) in [5.41, 5.74) is 2.77. The maximum Gasteiger partial charge on any atom is 0.145 e. The molecule has 0 aliphatic carbocycles. The molecule has 0 bridgehead atoms. The standard InChI is InChI=1S/C15H12BrNO/c1-10-3-5-14(11(2)7-10)18-15-6-4-13(16)8-12(15)9-17/h3-8H,1-2H3. The van der Waals surface area contributed by atoms with Crippen molar-refractivity contribution in [1.82, 2.24) is 0 Å². The Balaban J connectivity index is 2.37. The highest BCUT2D eigenvalue weighted by atomic mass is 79.9. The fraction of sp³-hybridized carbons (Fsp3) is 0.133. The van der Waals surface area contributed by atoms with Crippen molar-refractivity contribution in [3.05, 3.63) is 57.6 Å². The number of nitrogens with zero attached hydrogens (tertiary/aromatic N) is 1. The second kappa shape index (κ2) is 5.24. The second-order valence-electron chi connectivity index (χ2n) is 4.12. The predicted octanol–water partition coefficient (Wildman–Crippen LogP) is 4.73. The van der Waals surface area contributed by atoms with Gasteiger partial charge in [0.15, 0.2) is 0 Å². The fourth-order valence-corrected chi connectivity index (χ4v) is 2.07. The number of hydrogen-bond acceptors (Lipinski definition) is 2. The topological polar surface area (TPSA) is 33.0 Å². The summed E-state index contributed by atoms with van der Waals surface area (Å²) in [6.45, 7) is 4.03. The van der Waals surface area contributed by atoms with Crippen LogP contribution in [-0.4, -0.2) is 0 Å². The van der Waals surface area contributed by atoms with E-state index in [1.807, 2.05) is 32.0 Å². The Morgan fingerprint density at radius 3 is 2.44 bits per heavy atom. The molecule has 0 radical (unpaired) electrons. The largest absolute Gasteiger partial charge is 0.456 e. The van der Waals surface area contributed by atoms with Crippen LogP contribution >= 0.6 is 15.9 Å². The van der Waals surface area contributed by atoms with Crippen molar-refractivity contribution in [2.24, 2.45) is 0 Å². The summed E-state index contributed by atoms with van der Waals surface area (Å²) in [7, 11) is 0. The monoisotopic (exact) mass is 301 g/mol. The van der Waals surface area contributed by atoms with Crippen molar-refractivity contribution in [1.29, 1.82) is 5.26 Å². The smallest absolute Gasteiger partial charge is 0.145 e. The van der Waals surface area contributed by atoms with Crippen molar-refractivity contribution in [3.8, 4) is 17.6 Å². The quantitative estimate of drug-likeness (QED) is 0.803. The molecule has 0 spiro atoms. The Hall–Kier alpha value is -1.79. The summed E-state index contributed by atoms with van der Waals surface area (Å²) in [6.07, 6.45) is 0. The lowest BCUT2D eigenvalue weighted by atomic mass is 10.1. The Labute approximate surface area is 115 Å². The molecule has 0 heterocycles. The summed E-state index contributed by atoms with van der Waals surface area (Å²) >= 11 is 3.34. The van der Waals surface area contributed by atoms with Crippen molar-refractivity contribution in [3.63, 3.8) is 0 Å². The van der Waals surface area contributed by atoms with E-state index in [0.717, 1.165) is 15.8 Å². The predicted molar refractivity (Wildman–Crippen MR) is 74.8 cm³/mol. The maximum atomic E-state index is 9.08. The van der Waals surface area contributed by atoms with E-state index in [4.69, 9.17) is 10.00 Å². The normalized spacial score (nSPS) is 9.89. The van der Waals surface area contributed by atoms with Crippen LogP contribution in [0.2, 0.25) is 0 Å². The van der Waals surface area contributed by atoms with E-state index in [9.17, 15) is 0 Å². The number of benzene rings is 2. The minimum atomic E-state index is 0.518. The van der Waals surface area contributed by atoms with E-state index in [1.165, 1.54) is 5.56 Å². The molecule has 0 fully saturated rings. The highest BCUT2D eigenvalue weighted by Crippen LogP contribution is 2.29. The average molecular weight is 302 g/mol. The van der Waals surface area contributed by atoms with E-state index in [0.29, 0.717) is 11.3 Å². The zero-order valence-corrected chi connectivity index (χ0v) is 11.8. The second-order valence-corrected chi connectivity index (χ2v) is 5.04. The van der Waals surface area contributed by atoms with E-state index in [-0.39, 0.29) is 0 Å². The van der Waals surface area contributed by atoms with E-state index in [1.54, 1.807) is 12.1 Å². The number of hydrogen-bond donors (Lipinski definition) is 0. The Bertz CT molecular complexity index is 629. The summed E-state index contributed by atoms with van der Waals surface area (Å²) in [5, 5.41) is 9.08. The number of nitriles is 1. The van der Waals surface area contributed by atoms with Gasteiger partial charge in [-0.1, -0.05) is 33.6 Å². The molecule has 2 aromatic rings. The Kier molecular flexibility index (Phi) is 3.69. The molecule has 0 amide bonds. The SMILES string of the molecule is Cc1ccc(Oc2ccc(Br)cc2C#N)c(C)c1. The molecule has 2 nitrogen and oxygen atoms in total. The Morgan fingerprint density at radius 1 is 1.06 bits per heavy atom. The molecule has 0 aliphatic heterocycles. The summed E-state index contributed by atoms with van der Waals surface area (Å²) < 4.78 is 6.67. The lowest BCUT2D eigenvalue weighted by Gasteiger charge is -2.10. The van der Waals surface area contributed by atoms with Gasteiger partial charge >= 0.3 is 0 Å². The third-order valence-electron chi connectivity index (χ3n) is 2.61. The molecule has 0 aromatic heterocycles. The number of aryl methyl sites for hydroxylation is 2. The van der Waals surface area contributed by atoms with Crippen LogP contribution in [0.4, 0.5) is 0 Å². The molecule has 90 valence electrons. The molecular weight excluding hydrogens is 290 g/mol. The van der Waals surface area contributed by atoms with E-state index < -0.39 is 0 Å². The minimum Gasteiger partial charge on any atom is -0.456 e. The van der Waals surface area contributed by atoms with Gasteiger partial charge in [-0.25, -0.2) is 0 Å². The lowest BCUT2D eigenvalue weighted by molar-refractivity contribution is 0.477. The van der Waals surface area contributed by atoms with Gasteiger partial charge in [0.2, 0.25) is 0 Å². The average Bonchev–Trinajstić information content (AvgIpc) is 2.34. The van der Waals surface area contributed by atoms with Crippen LogP contribution in [0.3, 0.4) is 0 Å². The first kappa shape index (κ1) is 12.7. The molecule has 0 aliphatic rings. The van der Waals surface area contributed by atoms with Crippen LogP contribution in [0, 0.1) is 25.2 Å². The van der Waals surface area contributed by atoms with Gasteiger partial charge < -0.3 is 4.74 Å². The van der Waals surface area contributed by atoms with Crippen LogP contribution < -0.4 is 4.74 Å². The van der Waals surface area contributed by atoms with Gasteiger partial charge in [-0.05, 0) is 43.7 Å². The first-order valence-corrected chi connectivity index (χ1v) is 6.34. The number of halogens is 1. The third kappa shape index (κ3) is 2.72. The first-order chi connectivity index (χ1) is 8.60. The van der Waals surface area contributed by atoms with Crippen LogP contribution in [0.5, 0.6) is 11.5 Å². The zero-order chi connectivity index (χ0) is 13.1. The van der Waals surface area contributed by atoms with E-state index >= 15 is 0 Å². The molecule has 3 heteroatoms. The first-order valence-electron chi connectivity index (χ1n) is 5.55. The van der Waals surface area contributed by atoms with Gasteiger partial charge in [0.1, 0.15) is 17.6 Å². The highest BCUT2D eigenvalue weighted by Gasteiger charge is 2.07. The third-order valence-corrected chi connectivity index (χ3v) is 3.11. The number of ether oxygens (including phenoxy) is 1. The molecule has 0 N–H and O–H groups in total. The van der Waals surface area contributed by atoms with Gasteiger partial charge in [0.05, 0.1) is 5.56 Å². The van der Waals surface area contributed by atoms with Gasteiger partial charge in [-0.2, -0.15) is 5.26 Å². The minimum absolute atomic E-state index is 0.518. The van der Waals surface area contributed by atoms with E-state index in [2.05, 4.69) is 28.1 Å². The maximum absolute atomic E-state index is 9.08. The van der Waals surface area contributed by atoms with Gasteiger partial charge in [0, 0.05) is 4.47 Å². The Morgan fingerprint density at radius 2 is 1.78 bits per heavy atom. The number of rotatable bonds is 2. The van der Waals surface area contributed by atoms with Crippen LogP contribution in [0.25, 0.3) is 0 Å². The van der Waals surface area contributed by atoms with Crippen molar-refractivity contribution < 1.29 is 4.74 Å². The lowest BCUT2D eigenvalue weighted by Crippen LogP contribution is -1.91. The molecule has 0 unspecified atom stereocenters. The van der Waals surface area contributed by atoms with Crippen molar-refractivity contribution in [2.75, 3.05) is 0 Å². The van der Waals surface area contributed by atoms with Crippen LogP contribution in [-0.2, 0) is 0 Å². The van der Waals surface area contributed by atoms with Crippen LogP contribution in [0.15, 0.2) is 40.9 Å². The molecule has 0 atom stereocenters. The van der Waals surface area contributed by atoms with Crippen molar-refractivity contribution in [2.45, 2.75) is 13.8 Å². The summed E-state index contributed by atoms with van der Waals surface area (Å²) in [5.74, 6) is 1.35. The molecule has 0 saturated carbocycles. The van der Waals surface area contributed by atoms with Gasteiger partial charge in [-0.3, -0.25) is 0 Å². The van der Waals surface area contributed by atoms with Crippen molar-refractivity contribution >= 4 is 15.9 Å². The summed E-state index contributed by atoms with van der Waals surface area (Å²) in [4.78, 5) is 0. The molecular formula is C15H12BrNO.